The molecule has 5 rings (SSSR count). The molecule has 2 aromatic carbocycles. The molecule has 2 aliphatic carbocycles. The zero-order valence-electron chi connectivity index (χ0n) is 17.6. The van der Waals surface area contributed by atoms with Crippen molar-refractivity contribution in [2.24, 2.45) is 5.41 Å². The Labute approximate surface area is 172 Å². The van der Waals surface area contributed by atoms with Crippen molar-refractivity contribution < 1.29 is 4.79 Å². The third-order valence-corrected chi connectivity index (χ3v) is 7.94. The summed E-state index contributed by atoms with van der Waals surface area (Å²) < 4.78 is 0. The van der Waals surface area contributed by atoms with Gasteiger partial charge in [-0.25, -0.2) is 9.97 Å². The number of carbonyl (C=O) groups is 1. The molecule has 0 saturated heterocycles. The number of fused-ring (bicyclic) bond motifs is 6. The fourth-order valence-corrected chi connectivity index (χ4v) is 5.80. The van der Waals surface area contributed by atoms with Gasteiger partial charge in [0.2, 0.25) is 5.91 Å². The quantitative estimate of drug-likeness (QED) is 0.636. The van der Waals surface area contributed by atoms with E-state index >= 15 is 0 Å². The van der Waals surface area contributed by atoms with Crippen molar-refractivity contribution >= 4 is 22.6 Å². The Morgan fingerprint density at radius 2 is 1.48 bits per heavy atom. The van der Waals surface area contributed by atoms with Crippen LogP contribution in [0.3, 0.4) is 0 Å². The number of aromatic nitrogens is 2. The first-order valence-electron chi connectivity index (χ1n) is 10.5. The molecule has 1 aromatic heterocycles. The summed E-state index contributed by atoms with van der Waals surface area (Å²) in [5.41, 5.74) is 3.56. The average molecular weight is 386 g/mol. The van der Waals surface area contributed by atoms with Crippen molar-refractivity contribution in [3.63, 3.8) is 0 Å². The number of hydrogen-bond acceptors (Lipinski definition) is 3. The van der Waals surface area contributed by atoms with E-state index in [1.165, 1.54) is 0 Å². The highest BCUT2D eigenvalue weighted by molar-refractivity contribution is 6.03. The fraction of sp³-hybridized carbons (Fsp3) is 0.400. The normalized spacial score (nSPS) is 26.5. The number of rotatable bonds is 3. The summed E-state index contributed by atoms with van der Waals surface area (Å²) in [5, 5.41) is 0. The van der Waals surface area contributed by atoms with E-state index in [4.69, 9.17) is 9.97 Å². The number of para-hydroxylation sites is 3. The van der Waals surface area contributed by atoms with Crippen LogP contribution in [0.15, 0.2) is 54.6 Å². The van der Waals surface area contributed by atoms with E-state index in [1.807, 2.05) is 66.4 Å². The summed E-state index contributed by atoms with van der Waals surface area (Å²) >= 11 is 0. The lowest BCUT2D eigenvalue weighted by molar-refractivity contribution is -0.127. The Morgan fingerprint density at radius 3 is 2.10 bits per heavy atom. The van der Waals surface area contributed by atoms with Gasteiger partial charge < -0.3 is 4.90 Å². The lowest BCUT2D eigenvalue weighted by Crippen LogP contribution is -2.53. The van der Waals surface area contributed by atoms with Crippen LogP contribution in [0.1, 0.15) is 51.9 Å². The predicted molar refractivity (Wildman–Crippen MR) is 116 cm³/mol. The highest BCUT2D eigenvalue weighted by atomic mass is 16.2. The maximum Gasteiger partial charge on any atom is 0.239 e. The van der Waals surface area contributed by atoms with Crippen molar-refractivity contribution in [1.82, 2.24) is 9.97 Å². The Balaban J connectivity index is 1.76. The largest absolute Gasteiger partial charge is 0.312 e. The van der Waals surface area contributed by atoms with Crippen molar-refractivity contribution in [3.8, 4) is 0 Å². The third kappa shape index (κ3) is 2.07. The lowest BCUT2D eigenvalue weighted by Gasteiger charge is -2.42. The van der Waals surface area contributed by atoms with Gasteiger partial charge in [-0.2, -0.15) is 0 Å². The smallest absolute Gasteiger partial charge is 0.239 e. The molecule has 0 radical (unpaired) electrons. The minimum Gasteiger partial charge on any atom is -0.312 e. The number of hydrogen-bond donors (Lipinski definition) is 0. The number of amides is 1. The maximum absolute atomic E-state index is 14.3. The van der Waals surface area contributed by atoms with Crippen LogP contribution in [-0.4, -0.2) is 22.4 Å². The number of nitrogens with zero attached hydrogens (tertiary/aromatic N) is 3. The molecule has 1 heterocycles. The van der Waals surface area contributed by atoms with Gasteiger partial charge in [-0.1, -0.05) is 51.1 Å². The maximum atomic E-state index is 14.3. The van der Waals surface area contributed by atoms with Crippen LogP contribution in [0.4, 0.5) is 5.69 Å². The molecule has 4 heteroatoms. The van der Waals surface area contributed by atoms with Gasteiger partial charge in [-0.3, -0.25) is 4.79 Å². The lowest BCUT2D eigenvalue weighted by atomic mass is 9.63. The Hall–Kier alpha value is -2.75. The molecular weight excluding hydrogens is 358 g/mol. The minimum absolute atomic E-state index is 0.156. The van der Waals surface area contributed by atoms with E-state index in [2.05, 4.69) is 20.8 Å². The summed E-state index contributed by atoms with van der Waals surface area (Å²) in [6.45, 7) is 9.43. The van der Waals surface area contributed by atoms with Gasteiger partial charge in [-0.15, -0.1) is 0 Å². The Kier molecular flexibility index (Phi) is 3.71. The predicted octanol–water partition coefficient (Wildman–Crippen LogP) is 5.01. The van der Waals surface area contributed by atoms with Crippen LogP contribution in [0.2, 0.25) is 0 Å². The first-order chi connectivity index (χ1) is 13.9. The van der Waals surface area contributed by atoms with Crippen molar-refractivity contribution in [2.45, 2.75) is 51.4 Å². The fourth-order valence-electron chi connectivity index (χ4n) is 5.80. The average Bonchev–Trinajstić information content (AvgIpc) is 3.03. The SMILES string of the molecule is CCN(C(=O)[C@]12CC[C@@](C)(c3nc4ccccc4nc31)C2(C)C)c1ccccc1. The van der Waals surface area contributed by atoms with Crippen LogP contribution in [0, 0.1) is 5.41 Å². The number of benzene rings is 2. The molecule has 0 spiro atoms. The molecule has 4 nitrogen and oxygen atoms in total. The molecule has 1 amide bonds. The van der Waals surface area contributed by atoms with Gasteiger partial charge in [0.05, 0.1) is 27.8 Å². The second-order valence-electron chi connectivity index (χ2n) is 9.16. The van der Waals surface area contributed by atoms with Crippen LogP contribution < -0.4 is 4.90 Å². The molecule has 0 N–H and O–H groups in total. The summed E-state index contributed by atoms with van der Waals surface area (Å²) in [6, 6.07) is 18.0. The van der Waals surface area contributed by atoms with E-state index in [9.17, 15) is 4.79 Å². The Morgan fingerprint density at radius 1 is 0.897 bits per heavy atom. The summed E-state index contributed by atoms with van der Waals surface area (Å²) in [6.07, 6.45) is 1.77. The summed E-state index contributed by atoms with van der Waals surface area (Å²) in [5.74, 6) is 0.156. The first kappa shape index (κ1) is 18.3. The van der Waals surface area contributed by atoms with Crippen molar-refractivity contribution in [3.05, 3.63) is 66.0 Å². The molecule has 3 aromatic rings. The molecule has 1 fully saturated rings. The van der Waals surface area contributed by atoms with Gasteiger partial charge in [-0.05, 0) is 49.4 Å². The van der Waals surface area contributed by atoms with Crippen LogP contribution in [0.25, 0.3) is 11.0 Å². The van der Waals surface area contributed by atoms with E-state index in [-0.39, 0.29) is 16.7 Å². The van der Waals surface area contributed by atoms with Crippen molar-refractivity contribution in [2.75, 3.05) is 11.4 Å². The van der Waals surface area contributed by atoms with Crippen LogP contribution in [-0.2, 0) is 15.6 Å². The van der Waals surface area contributed by atoms with E-state index in [1.54, 1.807) is 0 Å². The second kappa shape index (κ2) is 5.88. The Bertz CT molecular complexity index is 1120. The highest BCUT2D eigenvalue weighted by Crippen LogP contribution is 2.70. The molecule has 29 heavy (non-hydrogen) atoms. The molecule has 148 valence electrons. The minimum atomic E-state index is -0.653. The van der Waals surface area contributed by atoms with Gasteiger partial charge in [0.25, 0.3) is 0 Å². The zero-order valence-corrected chi connectivity index (χ0v) is 17.6. The molecule has 2 atom stereocenters. The van der Waals surface area contributed by atoms with Crippen LogP contribution in [0.5, 0.6) is 0 Å². The monoisotopic (exact) mass is 385 g/mol. The number of carbonyl (C=O) groups excluding carboxylic acids is 1. The first-order valence-corrected chi connectivity index (χ1v) is 10.5. The number of likely N-dealkylation sites (N-methyl/N-ethyl adjacent to an activating group) is 1. The molecule has 2 aliphatic rings. The number of anilines is 1. The van der Waals surface area contributed by atoms with Gasteiger partial charge >= 0.3 is 0 Å². The van der Waals surface area contributed by atoms with E-state index in [0.717, 1.165) is 41.0 Å². The molecular formula is C25H27N3O. The highest BCUT2D eigenvalue weighted by Gasteiger charge is 2.73. The van der Waals surface area contributed by atoms with Gasteiger partial charge in [0, 0.05) is 17.6 Å². The third-order valence-electron chi connectivity index (χ3n) is 7.94. The topological polar surface area (TPSA) is 46.1 Å². The summed E-state index contributed by atoms with van der Waals surface area (Å²) in [7, 11) is 0. The van der Waals surface area contributed by atoms with E-state index in [0.29, 0.717) is 6.54 Å². The van der Waals surface area contributed by atoms with E-state index < -0.39 is 5.41 Å². The molecule has 0 unspecified atom stereocenters. The van der Waals surface area contributed by atoms with Crippen molar-refractivity contribution in [1.29, 1.82) is 0 Å². The molecule has 2 bridgehead atoms. The molecule has 1 saturated carbocycles. The zero-order chi connectivity index (χ0) is 20.4. The van der Waals surface area contributed by atoms with Crippen LogP contribution >= 0.6 is 0 Å². The van der Waals surface area contributed by atoms with Gasteiger partial charge in [0.15, 0.2) is 0 Å². The standard InChI is InChI=1S/C25H27N3O/c1-5-28(17-11-7-6-8-12-17)22(29)25-16-15-24(4,23(25,2)3)20-21(25)27-19-14-10-9-13-18(19)26-20/h6-14H,5,15-16H2,1-4H3/t24-,25-/m0/s1. The van der Waals surface area contributed by atoms with Gasteiger partial charge in [0.1, 0.15) is 0 Å². The second-order valence-corrected chi connectivity index (χ2v) is 9.16. The summed E-state index contributed by atoms with van der Waals surface area (Å²) in [4.78, 5) is 26.3. The molecule has 0 aliphatic heterocycles.